The molecule has 2 aromatic heterocycles. The number of benzene rings is 1. The molecular weight excluding hydrogens is 292 g/mol. The molecule has 0 saturated heterocycles. The zero-order chi connectivity index (χ0) is 14.8. The summed E-state index contributed by atoms with van der Waals surface area (Å²) in [7, 11) is 1.58. The number of ether oxygens (including phenoxy) is 2. The van der Waals surface area contributed by atoms with Crippen molar-refractivity contribution in [3.8, 4) is 11.5 Å². The van der Waals surface area contributed by atoms with Crippen molar-refractivity contribution >= 4 is 28.5 Å². The molecule has 0 amide bonds. The van der Waals surface area contributed by atoms with Crippen LogP contribution >= 0.6 is 11.6 Å². The van der Waals surface area contributed by atoms with Gasteiger partial charge in [-0.2, -0.15) is 0 Å². The molecule has 3 aromatic rings. The maximum atomic E-state index is 12.1. The number of carbonyl (C=O) groups excluding carboxylic acids is 1. The molecule has 0 spiro atoms. The smallest absolute Gasteiger partial charge is 0.360 e. The summed E-state index contributed by atoms with van der Waals surface area (Å²) in [5.74, 6) is 0.461. The van der Waals surface area contributed by atoms with Crippen molar-refractivity contribution in [1.29, 1.82) is 0 Å². The van der Waals surface area contributed by atoms with Gasteiger partial charge in [0.05, 0.1) is 18.3 Å². The van der Waals surface area contributed by atoms with E-state index >= 15 is 0 Å². The standard InChI is InChI=1S/C15H11ClN2O3/c1-20-14-4-2-3-12-11(14)6-13(18-12)15(19)21-10-5-9(16)7-17-8-10/h2-8,18H,1H3. The average molecular weight is 303 g/mol. The number of H-pyrrole nitrogens is 1. The van der Waals surface area contributed by atoms with Crippen LogP contribution in [0.15, 0.2) is 42.7 Å². The summed E-state index contributed by atoms with van der Waals surface area (Å²) in [4.78, 5) is 19.0. The lowest BCUT2D eigenvalue weighted by molar-refractivity contribution is 0.0729. The van der Waals surface area contributed by atoms with E-state index in [4.69, 9.17) is 21.1 Å². The van der Waals surface area contributed by atoms with Crippen LogP contribution in [0, 0.1) is 0 Å². The van der Waals surface area contributed by atoms with Crippen molar-refractivity contribution in [2.75, 3.05) is 7.11 Å². The van der Waals surface area contributed by atoms with E-state index in [0.29, 0.717) is 16.5 Å². The topological polar surface area (TPSA) is 64.2 Å². The number of aromatic nitrogens is 2. The van der Waals surface area contributed by atoms with Crippen molar-refractivity contribution in [3.05, 3.63) is 53.4 Å². The minimum absolute atomic E-state index is 0.290. The number of methoxy groups -OCH3 is 1. The minimum atomic E-state index is -0.516. The van der Waals surface area contributed by atoms with Crippen molar-refractivity contribution in [2.24, 2.45) is 0 Å². The van der Waals surface area contributed by atoms with Gasteiger partial charge in [0.25, 0.3) is 0 Å². The Labute approximate surface area is 125 Å². The first kappa shape index (κ1) is 13.5. The summed E-state index contributed by atoms with van der Waals surface area (Å²) in [6.45, 7) is 0. The van der Waals surface area contributed by atoms with Crippen LogP contribution in [-0.2, 0) is 0 Å². The second-order valence-electron chi connectivity index (χ2n) is 4.33. The van der Waals surface area contributed by atoms with Gasteiger partial charge in [0.1, 0.15) is 11.4 Å². The van der Waals surface area contributed by atoms with Gasteiger partial charge in [0, 0.05) is 23.2 Å². The largest absolute Gasteiger partial charge is 0.496 e. The molecule has 0 bridgehead atoms. The van der Waals surface area contributed by atoms with Gasteiger partial charge in [0.15, 0.2) is 5.75 Å². The van der Waals surface area contributed by atoms with E-state index in [-0.39, 0.29) is 5.75 Å². The SMILES string of the molecule is COc1cccc2[nH]c(C(=O)Oc3cncc(Cl)c3)cc12. The van der Waals surface area contributed by atoms with E-state index in [1.807, 2.05) is 18.2 Å². The molecule has 1 aromatic carbocycles. The summed E-state index contributed by atoms with van der Waals surface area (Å²) in [6.07, 6.45) is 2.89. The van der Waals surface area contributed by atoms with Gasteiger partial charge < -0.3 is 14.5 Å². The maximum absolute atomic E-state index is 12.1. The number of nitrogens with zero attached hydrogens (tertiary/aromatic N) is 1. The number of carbonyl (C=O) groups is 1. The number of esters is 1. The Morgan fingerprint density at radius 2 is 2.14 bits per heavy atom. The Kier molecular flexibility index (Phi) is 3.50. The predicted octanol–water partition coefficient (Wildman–Crippen LogP) is 3.44. The van der Waals surface area contributed by atoms with E-state index in [9.17, 15) is 4.79 Å². The quantitative estimate of drug-likeness (QED) is 0.753. The van der Waals surface area contributed by atoms with Crippen LogP contribution < -0.4 is 9.47 Å². The van der Waals surface area contributed by atoms with Crippen LogP contribution in [0.3, 0.4) is 0 Å². The zero-order valence-electron chi connectivity index (χ0n) is 11.1. The molecule has 106 valence electrons. The first-order valence-electron chi connectivity index (χ1n) is 6.16. The molecule has 1 N–H and O–H groups in total. The Morgan fingerprint density at radius 3 is 2.90 bits per heavy atom. The number of nitrogens with one attached hydrogen (secondary N) is 1. The zero-order valence-corrected chi connectivity index (χ0v) is 11.8. The minimum Gasteiger partial charge on any atom is -0.496 e. The van der Waals surface area contributed by atoms with E-state index in [1.54, 1.807) is 13.2 Å². The molecule has 0 aliphatic rings. The Balaban J connectivity index is 1.91. The fraction of sp³-hybridized carbons (Fsp3) is 0.0667. The van der Waals surface area contributed by atoms with E-state index in [2.05, 4.69) is 9.97 Å². The predicted molar refractivity (Wildman–Crippen MR) is 79.1 cm³/mol. The van der Waals surface area contributed by atoms with Gasteiger partial charge in [-0.15, -0.1) is 0 Å². The molecule has 0 aliphatic heterocycles. The van der Waals surface area contributed by atoms with E-state index < -0.39 is 5.97 Å². The molecular formula is C15H11ClN2O3. The molecule has 2 heterocycles. The first-order valence-corrected chi connectivity index (χ1v) is 6.53. The number of fused-ring (bicyclic) bond motifs is 1. The molecule has 0 saturated carbocycles. The normalized spacial score (nSPS) is 10.6. The van der Waals surface area contributed by atoms with Crippen LogP contribution in [-0.4, -0.2) is 23.0 Å². The van der Waals surface area contributed by atoms with Crippen LogP contribution in [0.2, 0.25) is 5.02 Å². The lowest BCUT2D eigenvalue weighted by Crippen LogP contribution is -2.08. The molecule has 3 rings (SSSR count). The molecule has 0 radical (unpaired) electrons. The van der Waals surface area contributed by atoms with Gasteiger partial charge in [-0.05, 0) is 18.2 Å². The number of hydrogen-bond donors (Lipinski definition) is 1. The highest BCUT2D eigenvalue weighted by Crippen LogP contribution is 2.26. The first-order chi connectivity index (χ1) is 10.2. The monoisotopic (exact) mass is 302 g/mol. The highest BCUT2D eigenvalue weighted by atomic mass is 35.5. The molecule has 0 fully saturated rings. The third-order valence-electron chi connectivity index (χ3n) is 2.95. The summed E-state index contributed by atoms with van der Waals surface area (Å²) in [5, 5.41) is 1.22. The Hall–Kier alpha value is -2.53. The summed E-state index contributed by atoms with van der Waals surface area (Å²) < 4.78 is 10.5. The fourth-order valence-corrected chi connectivity index (χ4v) is 2.19. The van der Waals surface area contributed by atoms with Crippen LogP contribution in [0.1, 0.15) is 10.5 Å². The maximum Gasteiger partial charge on any atom is 0.360 e. The molecule has 0 unspecified atom stereocenters. The van der Waals surface area contributed by atoms with Crippen molar-refractivity contribution in [2.45, 2.75) is 0 Å². The lowest BCUT2D eigenvalue weighted by Gasteiger charge is -2.01. The summed E-state index contributed by atoms with van der Waals surface area (Å²) in [6, 6.07) is 8.74. The number of aromatic amines is 1. The Bertz CT molecular complexity index is 814. The molecule has 5 nitrogen and oxygen atoms in total. The molecule has 21 heavy (non-hydrogen) atoms. The number of halogens is 1. The van der Waals surface area contributed by atoms with Crippen LogP contribution in [0.5, 0.6) is 11.5 Å². The molecule has 6 heteroatoms. The highest BCUT2D eigenvalue weighted by molar-refractivity contribution is 6.30. The third kappa shape index (κ3) is 2.68. The van der Waals surface area contributed by atoms with E-state index in [1.165, 1.54) is 18.5 Å². The average Bonchev–Trinajstić information content (AvgIpc) is 2.91. The highest BCUT2D eigenvalue weighted by Gasteiger charge is 2.14. The van der Waals surface area contributed by atoms with Gasteiger partial charge >= 0.3 is 5.97 Å². The van der Waals surface area contributed by atoms with Crippen molar-refractivity contribution < 1.29 is 14.3 Å². The fourth-order valence-electron chi connectivity index (χ4n) is 2.03. The number of rotatable bonds is 3. The van der Waals surface area contributed by atoms with Gasteiger partial charge in [0.2, 0.25) is 0 Å². The van der Waals surface area contributed by atoms with E-state index in [0.717, 1.165) is 10.9 Å². The second kappa shape index (κ2) is 5.46. The molecule has 0 aliphatic carbocycles. The second-order valence-corrected chi connectivity index (χ2v) is 4.77. The summed E-state index contributed by atoms with van der Waals surface area (Å²) >= 11 is 5.80. The number of hydrogen-bond acceptors (Lipinski definition) is 4. The molecule has 0 atom stereocenters. The van der Waals surface area contributed by atoms with Crippen molar-refractivity contribution in [1.82, 2.24) is 9.97 Å². The van der Waals surface area contributed by atoms with Crippen LogP contribution in [0.25, 0.3) is 10.9 Å². The third-order valence-corrected chi connectivity index (χ3v) is 3.16. The number of pyridine rings is 1. The van der Waals surface area contributed by atoms with Gasteiger partial charge in [-0.1, -0.05) is 17.7 Å². The Morgan fingerprint density at radius 1 is 1.29 bits per heavy atom. The van der Waals surface area contributed by atoms with Gasteiger partial charge in [-0.25, -0.2) is 4.79 Å². The van der Waals surface area contributed by atoms with Crippen molar-refractivity contribution in [3.63, 3.8) is 0 Å². The van der Waals surface area contributed by atoms with Gasteiger partial charge in [-0.3, -0.25) is 4.98 Å². The summed E-state index contributed by atoms with van der Waals surface area (Å²) in [5.41, 5.74) is 1.12. The van der Waals surface area contributed by atoms with Crippen LogP contribution in [0.4, 0.5) is 0 Å². The lowest BCUT2D eigenvalue weighted by atomic mass is 10.2.